The fourth-order valence-electron chi connectivity index (χ4n) is 3.60. The smallest absolute Gasteiger partial charge is 0.119 e. The zero-order valence-corrected chi connectivity index (χ0v) is 18.6. The second-order valence-electron chi connectivity index (χ2n) is 8.06. The zero-order valence-electron chi connectivity index (χ0n) is 18.6. The van der Waals surface area contributed by atoms with E-state index in [4.69, 9.17) is 0 Å². The van der Waals surface area contributed by atoms with E-state index in [2.05, 4.69) is 0 Å². The normalized spacial score (nSPS) is 10.4. The summed E-state index contributed by atoms with van der Waals surface area (Å²) in [5, 5.41) is 56.0. The summed E-state index contributed by atoms with van der Waals surface area (Å²) in [5.41, 5.74) is 3.78. The summed E-state index contributed by atoms with van der Waals surface area (Å²) < 4.78 is 0. The highest BCUT2D eigenvalue weighted by molar-refractivity contribution is 5.38. The molecule has 4 rings (SSSR count). The third kappa shape index (κ3) is 7.98. The maximum Gasteiger partial charge on any atom is 0.119 e. The number of aryl methyl sites for hydroxylation is 4. The minimum atomic E-state index is 0.0657. The molecule has 0 unspecified atom stereocenters. The van der Waals surface area contributed by atoms with E-state index >= 15 is 0 Å². The second-order valence-corrected chi connectivity index (χ2v) is 8.06. The molecular weight excluding hydrogens is 432 g/mol. The van der Waals surface area contributed by atoms with Gasteiger partial charge >= 0.3 is 0 Å². The van der Waals surface area contributed by atoms with E-state index in [-0.39, 0.29) is 34.5 Å². The van der Waals surface area contributed by atoms with Crippen LogP contribution in [0.15, 0.2) is 84.9 Å². The molecule has 0 amide bonds. The van der Waals surface area contributed by atoms with Crippen molar-refractivity contribution in [2.75, 3.05) is 0 Å². The van der Waals surface area contributed by atoms with Gasteiger partial charge in [0, 0.05) is 12.1 Å². The molecule has 0 aliphatic heterocycles. The predicted octanol–water partition coefficient (Wildman–Crippen LogP) is 5.18. The Balaban J connectivity index is 0.000000191. The third-order valence-corrected chi connectivity index (χ3v) is 5.15. The first kappa shape index (κ1) is 24.3. The number of aromatic hydroxyl groups is 6. The van der Waals surface area contributed by atoms with E-state index in [0.29, 0.717) is 12.8 Å². The molecular formula is C28H28O6. The molecule has 0 aliphatic carbocycles. The summed E-state index contributed by atoms with van der Waals surface area (Å²) in [7, 11) is 0. The summed E-state index contributed by atoms with van der Waals surface area (Å²) >= 11 is 0. The molecule has 0 heterocycles. The zero-order chi connectivity index (χ0) is 24.5. The van der Waals surface area contributed by atoms with Crippen LogP contribution in [0.5, 0.6) is 34.5 Å². The van der Waals surface area contributed by atoms with Crippen molar-refractivity contribution in [1.82, 2.24) is 0 Å². The van der Waals surface area contributed by atoms with Gasteiger partial charge in [-0.05, 0) is 96.5 Å². The fraction of sp³-hybridized carbons (Fsp3) is 0.143. The van der Waals surface area contributed by atoms with Crippen LogP contribution in [0.3, 0.4) is 0 Å². The Bertz CT molecular complexity index is 1100. The molecule has 6 nitrogen and oxygen atoms in total. The predicted molar refractivity (Wildman–Crippen MR) is 131 cm³/mol. The monoisotopic (exact) mass is 460 g/mol. The molecule has 6 heteroatoms. The van der Waals surface area contributed by atoms with Crippen molar-refractivity contribution in [2.45, 2.75) is 25.7 Å². The summed E-state index contributed by atoms with van der Waals surface area (Å²) in [4.78, 5) is 0. The lowest BCUT2D eigenvalue weighted by Crippen LogP contribution is -1.91. The Morgan fingerprint density at radius 3 is 0.941 bits per heavy atom. The van der Waals surface area contributed by atoms with Gasteiger partial charge < -0.3 is 30.6 Å². The van der Waals surface area contributed by atoms with E-state index in [0.717, 1.165) is 35.1 Å². The standard InChI is InChI=1S/2C14H14O3/c2*15-12-3-1-2-10(6-12)4-5-11-7-13(16)9-14(17)8-11/h2*1-3,6-9,15-17H,4-5H2. The highest BCUT2D eigenvalue weighted by Gasteiger charge is 2.02. The van der Waals surface area contributed by atoms with Gasteiger partial charge in [0.25, 0.3) is 0 Å². The minimum absolute atomic E-state index is 0.0657. The number of hydrogen-bond donors (Lipinski definition) is 6. The van der Waals surface area contributed by atoms with Crippen molar-refractivity contribution in [2.24, 2.45) is 0 Å². The molecule has 0 bridgehead atoms. The van der Waals surface area contributed by atoms with Gasteiger partial charge in [-0.15, -0.1) is 0 Å². The van der Waals surface area contributed by atoms with Gasteiger partial charge in [0.15, 0.2) is 0 Å². The lowest BCUT2D eigenvalue weighted by molar-refractivity contribution is 0.448. The van der Waals surface area contributed by atoms with Crippen LogP contribution >= 0.6 is 0 Å². The Labute approximate surface area is 198 Å². The van der Waals surface area contributed by atoms with E-state index in [1.165, 1.54) is 12.1 Å². The Kier molecular flexibility index (Phi) is 8.24. The average molecular weight is 461 g/mol. The Hall–Kier alpha value is -4.32. The van der Waals surface area contributed by atoms with Gasteiger partial charge in [-0.2, -0.15) is 0 Å². The molecule has 0 aliphatic rings. The molecule has 176 valence electrons. The van der Waals surface area contributed by atoms with Crippen molar-refractivity contribution >= 4 is 0 Å². The molecule has 0 spiro atoms. The van der Waals surface area contributed by atoms with Gasteiger partial charge in [-0.25, -0.2) is 0 Å². The third-order valence-electron chi connectivity index (χ3n) is 5.15. The topological polar surface area (TPSA) is 121 Å². The van der Waals surface area contributed by atoms with Crippen LogP contribution in [0.25, 0.3) is 0 Å². The lowest BCUT2D eigenvalue weighted by Gasteiger charge is -2.04. The molecule has 4 aromatic carbocycles. The summed E-state index contributed by atoms with van der Waals surface area (Å²) in [6.45, 7) is 0. The van der Waals surface area contributed by atoms with Crippen molar-refractivity contribution in [3.63, 3.8) is 0 Å². The van der Waals surface area contributed by atoms with Gasteiger partial charge in [-0.1, -0.05) is 24.3 Å². The Morgan fingerprint density at radius 1 is 0.324 bits per heavy atom. The number of hydrogen-bond acceptors (Lipinski definition) is 6. The van der Waals surface area contributed by atoms with Crippen LogP contribution in [0, 0.1) is 0 Å². The van der Waals surface area contributed by atoms with Crippen LogP contribution in [-0.4, -0.2) is 30.6 Å². The van der Waals surface area contributed by atoms with Crippen molar-refractivity contribution < 1.29 is 30.6 Å². The number of benzene rings is 4. The molecule has 0 aromatic heterocycles. The van der Waals surface area contributed by atoms with Crippen molar-refractivity contribution in [3.8, 4) is 34.5 Å². The Morgan fingerprint density at radius 2 is 0.618 bits per heavy atom. The quantitative estimate of drug-likeness (QED) is 0.236. The highest BCUT2D eigenvalue weighted by Crippen LogP contribution is 2.23. The molecule has 0 saturated heterocycles. The van der Waals surface area contributed by atoms with E-state index < -0.39 is 0 Å². The maximum atomic E-state index is 9.34. The number of phenolic OH excluding ortho intramolecular Hbond substituents is 6. The second kappa shape index (κ2) is 11.5. The lowest BCUT2D eigenvalue weighted by atomic mass is 10.0. The first-order valence-electron chi connectivity index (χ1n) is 10.9. The van der Waals surface area contributed by atoms with E-state index in [9.17, 15) is 30.6 Å². The van der Waals surface area contributed by atoms with Crippen LogP contribution in [0.1, 0.15) is 22.3 Å². The largest absolute Gasteiger partial charge is 0.508 e. The van der Waals surface area contributed by atoms with Gasteiger partial charge in [0.05, 0.1) is 0 Å². The molecule has 0 atom stereocenters. The fourth-order valence-corrected chi connectivity index (χ4v) is 3.60. The summed E-state index contributed by atoms with van der Waals surface area (Å²) in [6.07, 6.45) is 2.89. The molecule has 4 aromatic rings. The first-order chi connectivity index (χ1) is 16.3. The highest BCUT2D eigenvalue weighted by atomic mass is 16.3. The first-order valence-corrected chi connectivity index (χ1v) is 10.9. The minimum Gasteiger partial charge on any atom is -0.508 e. The molecule has 0 radical (unpaired) electrons. The van der Waals surface area contributed by atoms with Crippen LogP contribution in [0.4, 0.5) is 0 Å². The molecule has 34 heavy (non-hydrogen) atoms. The van der Waals surface area contributed by atoms with Crippen LogP contribution in [0.2, 0.25) is 0 Å². The van der Waals surface area contributed by atoms with Crippen molar-refractivity contribution in [1.29, 1.82) is 0 Å². The van der Waals surface area contributed by atoms with Crippen molar-refractivity contribution in [3.05, 3.63) is 107 Å². The van der Waals surface area contributed by atoms with Crippen LogP contribution in [-0.2, 0) is 25.7 Å². The van der Waals surface area contributed by atoms with Gasteiger partial charge in [-0.3, -0.25) is 0 Å². The molecule has 6 N–H and O–H groups in total. The van der Waals surface area contributed by atoms with E-state index in [1.54, 1.807) is 60.7 Å². The van der Waals surface area contributed by atoms with Crippen LogP contribution < -0.4 is 0 Å². The SMILES string of the molecule is Oc1cccc(CCc2cc(O)cc(O)c2)c1.Oc1cccc(CCc2cc(O)cc(O)c2)c1. The van der Waals surface area contributed by atoms with E-state index in [1.807, 2.05) is 12.1 Å². The number of rotatable bonds is 6. The molecule has 0 saturated carbocycles. The molecule has 0 fully saturated rings. The van der Waals surface area contributed by atoms with Gasteiger partial charge in [0.1, 0.15) is 34.5 Å². The average Bonchev–Trinajstić information content (AvgIpc) is 2.76. The van der Waals surface area contributed by atoms with Gasteiger partial charge in [0.2, 0.25) is 0 Å². The maximum absolute atomic E-state index is 9.34. The number of phenols is 6. The summed E-state index contributed by atoms with van der Waals surface area (Å²) in [6, 6.07) is 23.3. The summed E-state index contributed by atoms with van der Waals surface area (Å²) in [5.74, 6) is 0.765.